The molecule has 1 aromatic carbocycles. The number of likely N-dealkylation sites (tertiary alicyclic amines) is 1. The summed E-state index contributed by atoms with van der Waals surface area (Å²) < 4.78 is 51.4. The zero-order chi connectivity index (χ0) is 19.0. The van der Waals surface area contributed by atoms with Crippen molar-refractivity contribution < 1.29 is 32.2 Å². The van der Waals surface area contributed by atoms with Crippen LogP contribution in [-0.4, -0.2) is 42.1 Å². The first-order chi connectivity index (χ1) is 11.4. The van der Waals surface area contributed by atoms with E-state index in [2.05, 4.69) is 4.74 Å². The van der Waals surface area contributed by atoms with Gasteiger partial charge in [-0.25, -0.2) is 22.8 Å². The fourth-order valence-corrected chi connectivity index (χ4v) is 2.67. The second-order valence-corrected chi connectivity index (χ2v) is 6.95. The van der Waals surface area contributed by atoms with E-state index in [9.17, 15) is 22.8 Å². The summed E-state index contributed by atoms with van der Waals surface area (Å²) in [4.78, 5) is 24.8. The van der Waals surface area contributed by atoms with Gasteiger partial charge in [-0.15, -0.1) is 0 Å². The van der Waals surface area contributed by atoms with Crippen molar-refractivity contribution in [2.75, 3.05) is 13.7 Å². The number of ether oxygens (including phenoxy) is 2. The molecule has 1 aromatic rings. The summed E-state index contributed by atoms with van der Waals surface area (Å²) in [6.45, 7) is 4.01. The number of rotatable bonds is 2. The highest BCUT2D eigenvalue weighted by molar-refractivity contribution is 5.89. The van der Waals surface area contributed by atoms with Crippen LogP contribution in [-0.2, 0) is 9.47 Å². The second kappa shape index (κ2) is 6.57. The molecule has 1 atom stereocenters. The third-order valence-electron chi connectivity index (χ3n) is 3.62. The van der Waals surface area contributed by atoms with Crippen molar-refractivity contribution in [3.63, 3.8) is 0 Å². The Morgan fingerprint density at radius 2 is 1.88 bits per heavy atom. The van der Waals surface area contributed by atoms with Crippen molar-refractivity contribution in [1.29, 1.82) is 0 Å². The second-order valence-electron chi connectivity index (χ2n) is 6.95. The molecule has 0 radical (unpaired) electrons. The lowest BCUT2D eigenvalue weighted by atomic mass is 10.0. The number of hydrogen-bond acceptors (Lipinski definition) is 4. The monoisotopic (exact) mass is 359 g/mol. The summed E-state index contributed by atoms with van der Waals surface area (Å²) in [5, 5.41) is 0. The predicted octanol–water partition coefficient (Wildman–Crippen LogP) is 3.93. The van der Waals surface area contributed by atoms with Crippen LogP contribution in [0.5, 0.6) is 0 Å². The van der Waals surface area contributed by atoms with Crippen LogP contribution < -0.4 is 0 Å². The van der Waals surface area contributed by atoms with E-state index in [4.69, 9.17) is 4.74 Å². The molecule has 0 aliphatic carbocycles. The summed E-state index contributed by atoms with van der Waals surface area (Å²) >= 11 is 0. The van der Waals surface area contributed by atoms with Crippen LogP contribution in [0.3, 0.4) is 0 Å². The molecule has 1 unspecified atom stereocenters. The van der Waals surface area contributed by atoms with Crippen LogP contribution in [0.1, 0.15) is 49.2 Å². The SMILES string of the molecule is COC(=O)c1cc(F)cc(C2CC(F)(F)CN2C(=O)OC(C)(C)C)c1. The van der Waals surface area contributed by atoms with E-state index in [1.165, 1.54) is 6.07 Å². The molecule has 0 aromatic heterocycles. The van der Waals surface area contributed by atoms with Crippen molar-refractivity contribution in [2.45, 2.75) is 44.8 Å². The quantitative estimate of drug-likeness (QED) is 0.751. The Bertz CT molecular complexity index is 685. The van der Waals surface area contributed by atoms with E-state index in [1.807, 2.05) is 0 Å². The number of esters is 1. The number of alkyl halides is 2. The molecule has 0 spiro atoms. The number of carbonyl (C=O) groups excluding carboxylic acids is 2. The molecule has 0 saturated carbocycles. The van der Waals surface area contributed by atoms with Gasteiger partial charge in [0.15, 0.2) is 0 Å². The number of hydrogen-bond donors (Lipinski definition) is 0. The van der Waals surface area contributed by atoms with Crippen LogP contribution in [0.2, 0.25) is 0 Å². The van der Waals surface area contributed by atoms with Gasteiger partial charge in [0.1, 0.15) is 11.4 Å². The molecule has 138 valence electrons. The average molecular weight is 359 g/mol. The van der Waals surface area contributed by atoms with Crippen molar-refractivity contribution in [3.05, 3.63) is 35.1 Å². The Morgan fingerprint density at radius 1 is 1.24 bits per heavy atom. The van der Waals surface area contributed by atoms with Crippen molar-refractivity contribution in [3.8, 4) is 0 Å². The largest absolute Gasteiger partial charge is 0.465 e. The Balaban J connectivity index is 2.39. The standard InChI is InChI=1S/C17H20F3NO4/c1-16(2,3)25-15(23)21-9-17(19,20)8-13(21)10-5-11(14(22)24-4)7-12(18)6-10/h5-7,13H,8-9H2,1-4H3. The molecule has 0 N–H and O–H groups in total. The molecule has 0 bridgehead atoms. The van der Waals surface area contributed by atoms with E-state index in [1.54, 1.807) is 20.8 Å². The van der Waals surface area contributed by atoms with E-state index >= 15 is 0 Å². The zero-order valence-electron chi connectivity index (χ0n) is 14.4. The minimum Gasteiger partial charge on any atom is -0.465 e. The maximum Gasteiger partial charge on any atom is 0.411 e. The van der Waals surface area contributed by atoms with Gasteiger partial charge in [0, 0.05) is 6.42 Å². The highest BCUT2D eigenvalue weighted by atomic mass is 19.3. The highest BCUT2D eigenvalue weighted by Crippen LogP contribution is 2.42. The Morgan fingerprint density at radius 3 is 2.44 bits per heavy atom. The van der Waals surface area contributed by atoms with Gasteiger partial charge in [0.05, 0.1) is 25.3 Å². The smallest absolute Gasteiger partial charge is 0.411 e. The van der Waals surface area contributed by atoms with E-state index in [0.29, 0.717) is 0 Å². The Hall–Kier alpha value is -2.25. The summed E-state index contributed by atoms with van der Waals surface area (Å²) in [7, 11) is 1.13. The minimum absolute atomic E-state index is 0.0865. The summed E-state index contributed by atoms with van der Waals surface area (Å²) in [6.07, 6.45) is -1.60. The maximum absolute atomic E-state index is 13.9. The fraction of sp³-hybridized carbons (Fsp3) is 0.529. The third-order valence-corrected chi connectivity index (χ3v) is 3.62. The Labute approximate surface area is 143 Å². The first-order valence-corrected chi connectivity index (χ1v) is 7.68. The van der Waals surface area contributed by atoms with E-state index in [0.717, 1.165) is 24.1 Å². The lowest BCUT2D eigenvalue weighted by Crippen LogP contribution is -2.38. The van der Waals surface area contributed by atoms with Gasteiger partial charge in [-0.3, -0.25) is 4.90 Å². The minimum atomic E-state index is -3.14. The molecule has 1 aliphatic rings. The van der Waals surface area contributed by atoms with Gasteiger partial charge in [-0.2, -0.15) is 0 Å². The van der Waals surface area contributed by atoms with Gasteiger partial charge in [0.25, 0.3) is 5.92 Å². The number of nitrogens with zero attached hydrogens (tertiary/aromatic N) is 1. The fourth-order valence-electron chi connectivity index (χ4n) is 2.67. The molecular formula is C17H20F3NO4. The van der Waals surface area contributed by atoms with E-state index < -0.39 is 48.4 Å². The van der Waals surface area contributed by atoms with Crippen LogP contribution in [0, 0.1) is 5.82 Å². The number of benzene rings is 1. The summed E-state index contributed by atoms with van der Waals surface area (Å²) in [5.41, 5.74) is -0.890. The first kappa shape index (κ1) is 19.1. The number of halogens is 3. The van der Waals surface area contributed by atoms with Crippen molar-refractivity contribution in [2.24, 2.45) is 0 Å². The third kappa shape index (κ3) is 4.64. The van der Waals surface area contributed by atoms with Crippen LogP contribution >= 0.6 is 0 Å². The lowest BCUT2D eigenvalue weighted by molar-refractivity contribution is -0.00243. The average Bonchev–Trinajstić information content (AvgIpc) is 2.80. The summed E-state index contributed by atoms with van der Waals surface area (Å²) in [5.74, 6) is -4.72. The molecule has 8 heteroatoms. The predicted molar refractivity (Wildman–Crippen MR) is 83.0 cm³/mol. The molecule has 1 fully saturated rings. The summed E-state index contributed by atoms with van der Waals surface area (Å²) in [6, 6.07) is 2.11. The van der Waals surface area contributed by atoms with E-state index in [-0.39, 0.29) is 11.1 Å². The molecule has 1 saturated heterocycles. The topological polar surface area (TPSA) is 55.8 Å². The number of amides is 1. The molecule has 1 heterocycles. The highest BCUT2D eigenvalue weighted by Gasteiger charge is 2.49. The molecular weight excluding hydrogens is 339 g/mol. The normalized spacial score (nSPS) is 19.6. The molecule has 2 rings (SSSR count). The van der Waals surface area contributed by atoms with Crippen molar-refractivity contribution in [1.82, 2.24) is 4.90 Å². The van der Waals surface area contributed by atoms with Crippen LogP contribution in [0.15, 0.2) is 18.2 Å². The van der Waals surface area contributed by atoms with Gasteiger partial charge in [-0.1, -0.05) is 0 Å². The van der Waals surface area contributed by atoms with Crippen LogP contribution in [0.25, 0.3) is 0 Å². The van der Waals surface area contributed by atoms with Gasteiger partial charge < -0.3 is 9.47 Å². The van der Waals surface area contributed by atoms with Gasteiger partial charge in [0.2, 0.25) is 0 Å². The molecule has 1 aliphatic heterocycles. The molecule has 1 amide bonds. The number of methoxy groups -OCH3 is 1. The maximum atomic E-state index is 13.9. The number of carbonyl (C=O) groups is 2. The molecule has 5 nitrogen and oxygen atoms in total. The van der Waals surface area contributed by atoms with Crippen molar-refractivity contribution >= 4 is 12.1 Å². The first-order valence-electron chi connectivity index (χ1n) is 7.68. The zero-order valence-corrected chi connectivity index (χ0v) is 14.4. The van der Waals surface area contributed by atoms with Gasteiger partial charge >= 0.3 is 12.1 Å². The molecule has 25 heavy (non-hydrogen) atoms. The van der Waals surface area contributed by atoms with Crippen LogP contribution in [0.4, 0.5) is 18.0 Å². The Kier molecular flexibility index (Phi) is 5.02. The lowest BCUT2D eigenvalue weighted by Gasteiger charge is -2.28. The van der Waals surface area contributed by atoms with Gasteiger partial charge in [-0.05, 0) is 44.5 Å².